The number of carbonyl (C=O) groups excluding carboxylic acids is 1. The minimum atomic E-state index is -0.266. The number of hydrogen-bond acceptors (Lipinski definition) is 2. The normalized spacial score (nSPS) is 10.2. The molecule has 0 aliphatic rings. The van der Waals surface area contributed by atoms with Crippen molar-refractivity contribution in [2.45, 2.75) is 6.54 Å². The van der Waals surface area contributed by atoms with Gasteiger partial charge in [-0.15, -0.1) is 0 Å². The topological polar surface area (TPSA) is 45.2 Å². The Kier molecular flexibility index (Phi) is 4.82. The zero-order valence-electron chi connectivity index (χ0n) is 10.8. The van der Waals surface area contributed by atoms with Crippen molar-refractivity contribution in [2.24, 2.45) is 0 Å². The number of halogens is 2. The summed E-state index contributed by atoms with van der Waals surface area (Å²) in [6, 6.07) is 8.38. The number of benzene rings is 1. The van der Waals surface area contributed by atoms with Gasteiger partial charge in [-0.05, 0) is 29.8 Å². The van der Waals surface area contributed by atoms with Crippen LogP contribution in [0.3, 0.4) is 0 Å². The van der Waals surface area contributed by atoms with Crippen LogP contribution in [-0.4, -0.2) is 23.0 Å². The summed E-state index contributed by atoms with van der Waals surface area (Å²) >= 11 is 11.9. The minimum Gasteiger partial charge on any atom is -0.323 e. The molecule has 1 aromatic heterocycles. The molecule has 0 atom stereocenters. The molecule has 0 radical (unpaired) electrons. The molecule has 4 nitrogen and oxygen atoms in total. The maximum absolute atomic E-state index is 12.1. The number of rotatable bonds is 3. The Bertz CT molecular complexity index is 605. The summed E-state index contributed by atoms with van der Waals surface area (Å²) in [5, 5.41) is 3.68. The number of nitrogens with one attached hydrogen (secondary N) is 1. The fraction of sp³-hybridized carbons (Fsp3) is 0.143. The summed E-state index contributed by atoms with van der Waals surface area (Å²) < 4.78 is 0. The van der Waals surface area contributed by atoms with Gasteiger partial charge in [-0.25, -0.2) is 4.79 Å². The fourth-order valence-electron chi connectivity index (χ4n) is 1.64. The summed E-state index contributed by atoms with van der Waals surface area (Å²) in [6.45, 7) is 0.456. The van der Waals surface area contributed by atoms with E-state index in [1.807, 2.05) is 12.1 Å². The molecule has 0 saturated carbocycles. The molecular formula is C14H13Cl2N3O. The quantitative estimate of drug-likeness (QED) is 0.929. The molecule has 0 aliphatic carbocycles. The van der Waals surface area contributed by atoms with Gasteiger partial charge in [-0.2, -0.15) is 0 Å². The van der Waals surface area contributed by atoms with E-state index in [1.54, 1.807) is 37.6 Å². The highest BCUT2D eigenvalue weighted by Crippen LogP contribution is 2.25. The smallest absolute Gasteiger partial charge is 0.321 e. The van der Waals surface area contributed by atoms with Gasteiger partial charge in [0.1, 0.15) is 0 Å². The zero-order chi connectivity index (χ0) is 14.5. The maximum atomic E-state index is 12.1. The van der Waals surface area contributed by atoms with Gasteiger partial charge in [-0.1, -0.05) is 29.3 Å². The maximum Gasteiger partial charge on any atom is 0.321 e. The van der Waals surface area contributed by atoms with E-state index < -0.39 is 0 Å². The lowest BCUT2D eigenvalue weighted by atomic mass is 10.3. The monoisotopic (exact) mass is 309 g/mol. The number of amides is 2. The standard InChI is InChI=1S/C14H13Cl2N3O/c1-19(9-10-3-2-6-17-8-10)14(20)18-13-7-11(15)4-5-12(13)16/h2-8H,9H2,1H3,(H,18,20). The van der Waals surface area contributed by atoms with Crippen molar-refractivity contribution in [1.29, 1.82) is 0 Å². The first-order chi connectivity index (χ1) is 9.56. The van der Waals surface area contributed by atoms with Gasteiger partial charge in [0.05, 0.1) is 10.7 Å². The van der Waals surface area contributed by atoms with Crippen molar-refractivity contribution < 1.29 is 4.79 Å². The van der Waals surface area contributed by atoms with Gasteiger partial charge in [0.25, 0.3) is 0 Å². The van der Waals surface area contributed by atoms with Crippen LogP contribution in [-0.2, 0) is 6.54 Å². The molecule has 0 unspecified atom stereocenters. The van der Waals surface area contributed by atoms with Crippen LogP contribution in [0, 0.1) is 0 Å². The third-order valence-electron chi connectivity index (χ3n) is 2.66. The zero-order valence-corrected chi connectivity index (χ0v) is 12.3. The van der Waals surface area contributed by atoms with E-state index in [0.717, 1.165) is 5.56 Å². The van der Waals surface area contributed by atoms with E-state index in [0.29, 0.717) is 22.3 Å². The molecule has 2 amide bonds. The predicted molar refractivity (Wildman–Crippen MR) is 81.2 cm³/mol. The van der Waals surface area contributed by atoms with Crippen molar-refractivity contribution in [2.75, 3.05) is 12.4 Å². The molecule has 1 aromatic carbocycles. The molecule has 1 N–H and O–H groups in total. The van der Waals surface area contributed by atoms with E-state index in [9.17, 15) is 4.79 Å². The predicted octanol–water partition coefficient (Wildman–Crippen LogP) is 4.05. The molecule has 0 fully saturated rings. The molecule has 0 bridgehead atoms. The second-order valence-electron chi connectivity index (χ2n) is 4.27. The summed E-state index contributed by atoms with van der Waals surface area (Å²) in [6.07, 6.45) is 3.41. The Balaban J connectivity index is 2.02. The van der Waals surface area contributed by atoms with Crippen molar-refractivity contribution in [1.82, 2.24) is 9.88 Å². The van der Waals surface area contributed by atoms with Crippen molar-refractivity contribution >= 4 is 34.9 Å². The third-order valence-corrected chi connectivity index (χ3v) is 3.22. The van der Waals surface area contributed by atoms with Gasteiger partial charge in [0, 0.05) is 31.0 Å². The van der Waals surface area contributed by atoms with Crippen LogP contribution in [0.2, 0.25) is 10.0 Å². The summed E-state index contributed by atoms with van der Waals surface area (Å²) in [4.78, 5) is 17.6. The molecule has 104 valence electrons. The van der Waals surface area contributed by atoms with Crippen LogP contribution in [0.5, 0.6) is 0 Å². The molecular weight excluding hydrogens is 297 g/mol. The highest BCUT2D eigenvalue weighted by Gasteiger charge is 2.11. The number of anilines is 1. The number of urea groups is 1. The number of pyridine rings is 1. The lowest BCUT2D eigenvalue weighted by Gasteiger charge is -2.18. The Hall–Kier alpha value is -1.78. The van der Waals surface area contributed by atoms with Gasteiger partial charge in [0.2, 0.25) is 0 Å². The number of hydrogen-bond donors (Lipinski definition) is 1. The first kappa shape index (κ1) is 14.6. The molecule has 0 saturated heterocycles. The molecule has 6 heteroatoms. The van der Waals surface area contributed by atoms with Crippen LogP contribution in [0.1, 0.15) is 5.56 Å². The molecule has 0 spiro atoms. The van der Waals surface area contributed by atoms with Crippen LogP contribution >= 0.6 is 23.2 Å². The summed E-state index contributed by atoms with van der Waals surface area (Å²) in [7, 11) is 1.70. The second kappa shape index (κ2) is 6.59. The van der Waals surface area contributed by atoms with E-state index in [-0.39, 0.29) is 6.03 Å². The Morgan fingerprint density at radius 2 is 2.15 bits per heavy atom. The number of aromatic nitrogens is 1. The van der Waals surface area contributed by atoms with Crippen LogP contribution in [0.4, 0.5) is 10.5 Å². The Labute approximate surface area is 127 Å². The average molecular weight is 310 g/mol. The third kappa shape index (κ3) is 3.85. The van der Waals surface area contributed by atoms with E-state index in [4.69, 9.17) is 23.2 Å². The summed E-state index contributed by atoms with van der Waals surface area (Å²) in [5.74, 6) is 0. The van der Waals surface area contributed by atoms with Gasteiger partial charge in [-0.3, -0.25) is 4.98 Å². The second-order valence-corrected chi connectivity index (χ2v) is 5.12. The first-order valence-corrected chi connectivity index (χ1v) is 6.68. The van der Waals surface area contributed by atoms with Gasteiger partial charge in [0.15, 0.2) is 0 Å². The molecule has 1 heterocycles. The molecule has 20 heavy (non-hydrogen) atoms. The van der Waals surface area contributed by atoms with Crippen LogP contribution in [0.25, 0.3) is 0 Å². The highest BCUT2D eigenvalue weighted by atomic mass is 35.5. The van der Waals surface area contributed by atoms with Crippen LogP contribution in [0.15, 0.2) is 42.7 Å². The molecule has 2 rings (SSSR count). The van der Waals surface area contributed by atoms with E-state index in [1.165, 1.54) is 4.90 Å². The largest absolute Gasteiger partial charge is 0.323 e. The average Bonchev–Trinajstić information content (AvgIpc) is 2.44. The van der Waals surface area contributed by atoms with Crippen molar-refractivity contribution in [3.63, 3.8) is 0 Å². The van der Waals surface area contributed by atoms with Gasteiger partial charge < -0.3 is 10.2 Å². The molecule has 2 aromatic rings. The lowest BCUT2D eigenvalue weighted by Crippen LogP contribution is -2.30. The molecule has 0 aliphatic heterocycles. The SMILES string of the molecule is CN(Cc1cccnc1)C(=O)Nc1cc(Cl)ccc1Cl. The van der Waals surface area contributed by atoms with E-state index in [2.05, 4.69) is 10.3 Å². The van der Waals surface area contributed by atoms with Gasteiger partial charge >= 0.3 is 6.03 Å². The number of carbonyl (C=O) groups is 1. The minimum absolute atomic E-state index is 0.266. The van der Waals surface area contributed by atoms with Crippen LogP contribution < -0.4 is 5.32 Å². The van der Waals surface area contributed by atoms with Crippen molar-refractivity contribution in [3.8, 4) is 0 Å². The van der Waals surface area contributed by atoms with E-state index >= 15 is 0 Å². The Morgan fingerprint density at radius 3 is 2.85 bits per heavy atom. The van der Waals surface area contributed by atoms with Crippen molar-refractivity contribution in [3.05, 3.63) is 58.3 Å². The lowest BCUT2D eigenvalue weighted by molar-refractivity contribution is 0.220. The highest BCUT2D eigenvalue weighted by molar-refractivity contribution is 6.35. The Morgan fingerprint density at radius 1 is 1.35 bits per heavy atom. The first-order valence-electron chi connectivity index (χ1n) is 5.92. The fourth-order valence-corrected chi connectivity index (χ4v) is 1.98. The summed E-state index contributed by atoms with van der Waals surface area (Å²) in [5.41, 5.74) is 1.43. The number of nitrogens with zero attached hydrogens (tertiary/aromatic N) is 2.